The SMILES string of the molecule is CCS(=O)(=O)NC1CCC(CNc2cnc(-c3ccccc3)c(F)c2)CC1. The topological polar surface area (TPSA) is 71.1 Å². The van der Waals surface area contributed by atoms with Crippen molar-refractivity contribution in [2.75, 3.05) is 17.6 Å². The molecule has 27 heavy (non-hydrogen) atoms. The fraction of sp³-hybridized carbons (Fsp3) is 0.450. The predicted molar refractivity (Wildman–Crippen MR) is 106 cm³/mol. The van der Waals surface area contributed by atoms with E-state index in [-0.39, 0.29) is 17.6 Å². The molecule has 2 N–H and O–H groups in total. The summed E-state index contributed by atoms with van der Waals surface area (Å²) in [5.41, 5.74) is 1.78. The molecule has 0 unspecified atom stereocenters. The Morgan fingerprint density at radius 3 is 2.48 bits per heavy atom. The number of benzene rings is 1. The van der Waals surface area contributed by atoms with Crippen LogP contribution in [-0.2, 0) is 10.0 Å². The quantitative estimate of drug-likeness (QED) is 0.753. The van der Waals surface area contributed by atoms with Crippen LogP contribution < -0.4 is 10.0 Å². The van der Waals surface area contributed by atoms with Crippen LogP contribution in [0.4, 0.5) is 10.1 Å². The van der Waals surface area contributed by atoms with Crippen molar-refractivity contribution in [1.82, 2.24) is 9.71 Å². The number of nitrogens with one attached hydrogen (secondary N) is 2. The number of hydrogen-bond donors (Lipinski definition) is 2. The lowest BCUT2D eigenvalue weighted by Crippen LogP contribution is -2.39. The Labute approximate surface area is 160 Å². The average Bonchev–Trinajstić information content (AvgIpc) is 2.68. The van der Waals surface area contributed by atoms with Crippen LogP contribution in [0.1, 0.15) is 32.6 Å². The Kier molecular flexibility index (Phi) is 6.44. The van der Waals surface area contributed by atoms with Gasteiger partial charge >= 0.3 is 0 Å². The van der Waals surface area contributed by atoms with Crippen LogP contribution in [0, 0.1) is 11.7 Å². The summed E-state index contributed by atoms with van der Waals surface area (Å²) < 4.78 is 40.4. The van der Waals surface area contributed by atoms with Gasteiger partial charge in [-0.2, -0.15) is 0 Å². The molecular formula is C20H26FN3O2S. The lowest BCUT2D eigenvalue weighted by Gasteiger charge is -2.29. The highest BCUT2D eigenvalue weighted by Crippen LogP contribution is 2.26. The van der Waals surface area contributed by atoms with E-state index < -0.39 is 10.0 Å². The van der Waals surface area contributed by atoms with Gasteiger partial charge in [0.15, 0.2) is 5.82 Å². The van der Waals surface area contributed by atoms with Crippen molar-refractivity contribution in [3.8, 4) is 11.3 Å². The van der Waals surface area contributed by atoms with Gasteiger partial charge in [-0.1, -0.05) is 30.3 Å². The third kappa shape index (κ3) is 5.49. The molecule has 1 saturated carbocycles. The van der Waals surface area contributed by atoms with Gasteiger partial charge in [-0.15, -0.1) is 0 Å². The molecule has 0 radical (unpaired) electrons. The van der Waals surface area contributed by atoms with Crippen LogP contribution in [0.15, 0.2) is 42.6 Å². The average molecular weight is 392 g/mol. The van der Waals surface area contributed by atoms with Gasteiger partial charge in [0.2, 0.25) is 10.0 Å². The van der Waals surface area contributed by atoms with Gasteiger partial charge in [-0.05, 0) is 38.5 Å². The van der Waals surface area contributed by atoms with Crippen LogP contribution in [0.3, 0.4) is 0 Å². The molecular weight excluding hydrogens is 365 g/mol. The van der Waals surface area contributed by atoms with Gasteiger partial charge in [0, 0.05) is 24.2 Å². The Balaban J connectivity index is 1.51. The van der Waals surface area contributed by atoms with Crippen molar-refractivity contribution < 1.29 is 12.8 Å². The van der Waals surface area contributed by atoms with Gasteiger partial charge in [0.1, 0.15) is 5.69 Å². The van der Waals surface area contributed by atoms with Crippen molar-refractivity contribution in [2.24, 2.45) is 5.92 Å². The molecule has 0 atom stereocenters. The van der Waals surface area contributed by atoms with E-state index in [1.807, 2.05) is 30.3 Å². The van der Waals surface area contributed by atoms with Crippen LogP contribution in [-0.4, -0.2) is 31.7 Å². The summed E-state index contributed by atoms with van der Waals surface area (Å²) in [7, 11) is -3.14. The highest BCUT2D eigenvalue weighted by molar-refractivity contribution is 7.89. The first kappa shape index (κ1) is 19.8. The fourth-order valence-electron chi connectivity index (χ4n) is 3.43. The summed E-state index contributed by atoms with van der Waals surface area (Å²) in [4.78, 5) is 4.26. The van der Waals surface area contributed by atoms with Crippen molar-refractivity contribution in [3.63, 3.8) is 0 Å². The number of halogens is 1. The number of hydrogen-bond acceptors (Lipinski definition) is 4. The van der Waals surface area contributed by atoms with E-state index in [1.54, 1.807) is 13.1 Å². The molecule has 0 bridgehead atoms. The second kappa shape index (κ2) is 8.80. The Morgan fingerprint density at radius 2 is 1.85 bits per heavy atom. The van der Waals surface area contributed by atoms with E-state index in [0.29, 0.717) is 17.3 Å². The summed E-state index contributed by atoms with van der Waals surface area (Å²) in [5, 5.41) is 3.27. The van der Waals surface area contributed by atoms with Crippen LogP contribution >= 0.6 is 0 Å². The number of rotatable bonds is 7. The van der Waals surface area contributed by atoms with E-state index in [0.717, 1.165) is 37.8 Å². The maximum absolute atomic E-state index is 14.4. The zero-order valence-corrected chi connectivity index (χ0v) is 16.3. The van der Waals surface area contributed by atoms with Gasteiger partial charge in [-0.3, -0.25) is 4.98 Å². The van der Waals surface area contributed by atoms with Crippen molar-refractivity contribution in [3.05, 3.63) is 48.4 Å². The monoisotopic (exact) mass is 391 g/mol. The summed E-state index contributed by atoms with van der Waals surface area (Å²) in [5.74, 6) is 0.222. The molecule has 0 amide bonds. The minimum atomic E-state index is -3.14. The highest BCUT2D eigenvalue weighted by Gasteiger charge is 2.24. The highest BCUT2D eigenvalue weighted by atomic mass is 32.2. The van der Waals surface area contributed by atoms with Crippen LogP contribution in [0.5, 0.6) is 0 Å². The van der Waals surface area contributed by atoms with Crippen LogP contribution in [0.25, 0.3) is 11.3 Å². The molecule has 2 aromatic rings. The Hall–Kier alpha value is -1.99. The molecule has 3 rings (SSSR count). The number of pyridine rings is 1. The van der Waals surface area contributed by atoms with Crippen molar-refractivity contribution in [1.29, 1.82) is 0 Å². The molecule has 0 saturated heterocycles. The van der Waals surface area contributed by atoms with E-state index in [9.17, 15) is 12.8 Å². The summed E-state index contributed by atoms with van der Waals surface area (Å²) in [6.45, 7) is 2.38. The molecule has 1 aliphatic carbocycles. The summed E-state index contributed by atoms with van der Waals surface area (Å²) in [6.07, 6.45) is 5.23. The van der Waals surface area contributed by atoms with Gasteiger partial charge < -0.3 is 5.32 Å². The van der Waals surface area contributed by atoms with E-state index in [4.69, 9.17) is 0 Å². The van der Waals surface area contributed by atoms with Crippen molar-refractivity contribution >= 4 is 15.7 Å². The first-order valence-electron chi connectivity index (χ1n) is 9.41. The Bertz CT molecular complexity index is 851. The lowest BCUT2D eigenvalue weighted by atomic mass is 9.86. The molecule has 1 aliphatic rings. The fourth-order valence-corrected chi connectivity index (χ4v) is 4.34. The first-order chi connectivity index (χ1) is 13.0. The predicted octanol–water partition coefficient (Wildman–Crippen LogP) is 3.80. The van der Waals surface area contributed by atoms with E-state index >= 15 is 0 Å². The number of aromatic nitrogens is 1. The zero-order valence-electron chi connectivity index (χ0n) is 15.5. The van der Waals surface area contributed by atoms with E-state index in [2.05, 4.69) is 15.0 Å². The standard InChI is InChI=1S/C20H26FN3O2S/c1-2-27(25,26)24-17-10-8-15(9-11-17)13-22-18-12-19(21)20(23-14-18)16-6-4-3-5-7-16/h3-7,12,14-15,17,22,24H,2,8-11,13H2,1H3. The first-order valence-corrected chi connectivity index (χ1v) is 11.1. The molecule has 1 heterocycles. The van der Waals surface area contributed by atoms with Crippen LogP contribution in [0.2, 0.25) is 0 Å². The third-order valence-electron chi connectivity index (χ3n) is 5.06. The molecule has 1 fully saturated rings. The molecule has 146 valence electrons. The zero-order chi connectivity index (χ0) is 19.3. The third-order valence-corrected chi connectivity index (χ3v) is 6.51. The minimum absolute atomic E-state index is 0.0375. The molecule has 0 spiro atoms. The number of nitrogens with zero attached hydrogens (tertiary/aromatic N) is 1. The smallest absolute Gasteiger partial charge is 0.211 e. The molecule has 1 aromatic heterocycles. The largest absolute Gasteiger partial charge is 0.383 e. The summed E-state index contributed by atoms with van der Waals surface area (Å²) in [6, 6.07) is 10.8. The normalized spacial score (nSPS) is 20.4. The maximum atomic E-state index is 14.4. The van der Waals surface area contributed by atoms with Gasteiger partial charge in [0.25, 0.3) is 0 Å². The van der Waals surface area contributed by atoms with E-state index in [1.165, 1.54) is 6.07 Å². The second-order valence-electron chi connectivity index (χ2n) is 7.04. The Morgan fingerprint density at radius 1 is 1.15 bits per heavy atom. The second-order valence-corrected chi connectivity index (χ2v) is 9.08. The van der Waals surface area contributed by atoms with Gasteiger partial charge in [-0.25, -0.2) is 17.5 Å². The molecule has 0 aliphatic heterocycles. The lowest BCUT2D eigenvalue weighted by molar-refractivity contribution is 0.324. The summed E-state index contributed by atoms with van der Waals surface area (Å²) >= 11 is 0. The number of sulfonamides is 1. The molecule has 7 heteroatoms. The van der Waals surface area contributed by atoms with Crippen molar-refractivity contribution in [2.45, 2.75) is 38.6 Å². The minimum Gasteiger partial charge on any atom is -0.383 e. The molecule has 5 nitrogen and oxygen atoms in total. The maximum Gasteiger partial charge on any atom is 0.211 e. The molecule has 1 aromatic carbocycles. The number of anilines is 1. The van der Waals surface area contributed by atoms with Gasteiger partial charge in [0.05, 0.1) is 17.6 Å².